The molecule has 14 heavy (non-hydrogen) atoms. The predicted octanol–water partition coefficient (Wildman–Crippen LogP) is 0.496. The van der Waals surface area contributed by atoms with E-state index in [0.29, 0.717) is 0 Å². The van der Waals surface area contributed by atoms with Gasteiger partial charge in [0.05, 0.1) is 13.7 Å². The Bertz CT molecular complexity index is 153. The first-order chi connectivity index (χ1) is 6.72. The van der Waals surface area contributed by atoms with Crippen LogP contribution in [0.5, 0.6) is 0 Å². The first kappa shape index (κ1) is 11.9. The van der Waals surface area contributed by atoms with Crippen molar-refractivity contribution in [1.82, 2.24) is 10.4 Å². The Hall–Kier alpha value is -0.160. The molecular weight excluding hydrogens is 180 g/mol. The van der Waals surface area contributed by atoms with Gasteiger partial charge in [-0.05, 0) is 25.9 Å². The van der Waals surface area contributed by atoms with Crippen LogP contribution in [0.25, 0.3) is 0 Å². The highest BCUT2D eigenvalue weighted by atomic mass is 16.7. The molecule has 84 valence electrons. The van der Waals surface area contributed by atoms with Gasteiger partial charge in [-0.1, -0.05) is 0 Å². The Morgan fingerprint density at radius 1 is 1.29 bits per heavy atom. The molecule has 1 aliphatic rings. The van der Waals surface area contributed by atoms with Gasteiger partial charge >= 0.3 is 0 Å². The van der Waals surface area contributed by atoms with E-state index in [1.165, 1.54) is 0 Å². The molecule has 0 radical (unpaired) electrons. The van der Waals surface area contributed by atoms with Crippen molar-refractivity contribution in [3.8, 4) is 0 Å². The number of nitrogens with zero attached hydrogens (tertiary/aromatic N) is 1. The predicted molar refractivity (Wildman–Crippen MR) is 56.1 cm³/mol. The van der Waals surface area contributed by atoms with Gasteiger partial charge in [-0.15, -0.1) is 0 Å². The summed E-state index contributed by atoms with van der Waals surface area (Å²) in [6, 6.07) is 0. The Labute approximate surface area is 86.5 Å². The Morgan fingerprint density at radius 3 is 2.43 bits per heavy atom. The van der Waals surface area contributed by atoms with Crippen LogP contribution in [-0.2, 0) is 9.57 Å². The van der Waals surface area contributed by atoms with Gasteiger partial charge in [-0.3, -0.25) is 0 Å². The van der Waals surface area contributed by atoms with Crippen molar-refractivity contribution in [3.05, 3.63) is 0 Å². The fourth-order valence-electron chi connectivity index (χ4n) is 2.15. The lowest BCUT2D eigenvalue weighted by molar-refractivity contribution is -0.143. The molecule has 1 rings (SSSR count). The molecule has 0 spiro atoms. The van der Waals surface area contributed by atoms with Crippen LogP contribution < -0.4 is 5.32 Å². The Kier molecular flexibility index (Phi) is 4.81. The summed E-state index contributed by atoms with van der Waals surface area (Å²) in [6.45, 7) is 3.93. The Morgan fingerprint density at radius 2 is 1.93 bits per heavy atom. The van der Waals surface area contributed by atoms with Crippen LogP contribution in [0.15, 0.2) is 0 Å². The smallest absolute Gasteiger partial charge is 0.0575 e. The van der Waals surface area contributed by atoms with Crippen molar-refractivity contribution in [2.75, 3.05) is 47.5 Å². The molecule has 0 atom stereocenters. The summed E-state index contributed by atoms with van der Waals surface area (Å²) in [6.07, 6.45) is 2.32. The van der Waals surface area contributed by atoms with Crippen LogP contribution in [0.4, 0.5) is 0 Å². The summed E-state index contributed by atoms with van der Waals surface area (Å²) in [7, 11) is 5.46. The van der Waals surface area contributed by atoms with E-state index in [9.17, 15) is 0 Å². The van der Waals surface area contributed by atoms with Gasteiger partial charge in [0.2, 0.25) is 0 Å². The molecule has 0 unspecified atom stereocenters. The van der Waals surface area contributed by atoms with E-state index in [1.807, 2.05) is 12.1 Å². The molecule has 0 aliphatic carbocycles. The topological polar surface area (TPSA) is 33.7 Å². The van der Waals surface area contributed by atoms with Crippen LogP contribution >= 0.6 is 0 Å². The molecule has 4 nitrogen and oxygen atoms in total. The minimum atomic E-state index is 0.269. The molecule has 0 aromatic heterocycles. The number of hydrogen-bond donors (Lipinski definition) is 1. The lowest BCUT2D eigenvalue weighted by atomic mass is 9.79. The summed E-state index contributed by atoms with van der Waals surface area (Å²) in [5.74, 6) is 0. The second-order valence-corrected chi connectivity index (χ2v) is 4.15. The second kappa shape index (κ2) is 5.66. The molecule has 0 amide bonds. The van der Waals surface area contributed by atoms with Crippen LogP contribution in [-0.4, -0.2) is 52.6 Å². The lowest BCUT2D eigenvalue weighted by Gasteiger charge is -2.39. The van der Waals surface area contributed by atoms with E-state index in [0.717, 1.165) is 39.1 Å². The maximum absolute atomic E-state index is 5.32. The molecular formula is C10H22N2O2. The van der Waals surface area contributed by atoms with Gasteiger partial charge in [0, 0.05) is 26.1 Å². The normalized spacial score (nSPS) is 21.4. The largest absolute Gasteiger partial charge is 0.384 e. The number of methoxy groups -OCH3 is 1. The molecule has 0 bridgehead atoms. The number of nitrogens with one attached hydrogen (secondary N) is 1. The number of piperidine rings is 1. The zero-order chi connectivity index (χ0) is 10.4. The highest BCUT2D eigenvalue weighted by Crippen LogP contribution is 2.29. The quantitative estimate of drug-likeness (QED) is 0.658. The zero-order valence-corrected chi connectivity index (χ0v) is 9.51. The molecule has 0 aromatic rings. The third-order valence-corrected chi connectivity index (χ3v) is 2.98. The third-order valence-electron chi connectivity index (χ3n) is 2.98. The summed E-state index contributed by atoms with van der Waals surface area (Å²) in [4.78, 5) is 5.18. The van der Waals surface area contributed by atoms with Crippen LogP contribution in [0.2, 0.25) is 0 Å². The number of rotatable bonds is 5. The fourth-order valence-corrected chi connectivity index (χ4v) is 2.15. The minimum Gasteiger partial charge on any atom is -0.384 e. The summed E-state index contributed by atoms with van der Waals surface area (Å²) in [5, 5.41) is 5.27. The van der Waals surface area contributed by atoms with E-state index in [-0.39, 0.29) is 5.41 Å². The molecule has 0 aromatic carbocycles. The van der Waals surface area contributed by atoms with E-state index in [4.69, 9.17) is 9.57 Å². The van der Waals surface area contributed by atoms with Crippen LogP contribution in [0, 0.1) is 5.41 Å². The van der Waals surface area contributed by atoms with E-state index in [2.05, 4.69) is 5.32 Å². The fraction of sp³-hybridized carbons (Fsp3) is 1.00. The molecule has 1 aliphatic heterocycles. The van der Waals surface area contributed by atoms with Crippen molar-refractivity contribution in [3.63, 3.8) is 0 Å². The third kappa shape index (κ3) is 3.20. The lowest BCUT2D eigenvalue weighted by Crippen LogP contribution is -2.46. The van der Waals surface area contributed by atoms with Crippen molar-refractivity contribution < 1.29 is 9.57 Å². The maximum atomic E-state index is 5.32. The summed E-state index contributed by atoms with van der Waals surface area (Å²) in [5.41, 5.74) is 0.269. The summed E-state index contributed by atoms with van der Waals surface area (Å²) >= 11 is 0. The van der Waals surface area contributed by atoms with Gasteiger partial charge in [-0.2, -0.15) is 5.06 Å². The van der Waals surface area contributed by atoms with Crippen molar-refractivity contribution in [2.45, 2.75) is 12.8 Å². The summed E-state index contributed by atoms with van der Waals surface area (Å²) < 4.78 is 5.32. The molecule has 1 saturated heterocycles. The van der Waals surface area contributed by atoms with E-state index < -0.39 is 0 Å². The van der Waals surface area contributed by atoms with E-state index in [1.54, 1.807) is 14.2 Å². The Balaban J connectivity index is 2.50. The zero-order valence-electron chi connectivity index (χ0n) is 9.51. The van der Waals surface area contributed by atoms with Gasteiger partial charge in [-0.25, -0.2) is 0 Å². The van der Waals surface area contributed by atoms with Gasteiger partial charge in [0.15, 0.2) is 0 Å². The minimum absolute atomic E-state index is 0.269. The van der Waals surface area contributed by atoms with Gasteiger partial charge in [0.25, 0.3) is 0 Å². The average Bonchev–Trinajstić information content (AvgIpc) is 2.19. The number of hydrogen-bond acceptors (Lipinski definition) is 4. The molecule has 1 heterocycles. The van der Waals surface area contributed by atoms with Crippen LogP contribution in [0.1, 0.15) is 12.8 Å². The van der Waals surface area contributed by atoms with Crippen molar-refractivity contribution in [1.29, 1.82) is 0 Å². The average molecular weight is 202 g/mol. The highest BCUT2D eigenvalue weighted by Gasteiger charge is 2.33. The molecule has 0 saturated carbocycles. The first-order valence-corrected chi connectivity index (χ1v) is 5.17. The number of ether oxygens (including phenoxy) is 1. The van der Waals surface area contributed by atoms with Crippen molar-refractivity contribution >= 4 is 0 Å². The van der Waals surface area contributed by atoms with Crippen LogP contribution in [0.3, 0.4) is 0 Å². The molecule has 1 fully saturated rings. The van der Waals surface area contributed by atoms with Gasteiger partial charge in [0.1, 0.15) is 0 Å². The highest BCUT2D eigenvalue weighted by molar-refractivity contribution is 4.85. The van der Waals surface area contributed by atoms with Crippen molar-refractivity contribution in [2.24, 2.45) is 5.41 Å². The van der Waals surface area contributed by atoms with E-state index >= 15 is 0 Å². The monoisotopic (exact) mass is 202 g/mol. The SMILES string of the molecule is COCC1(CN(C)OC)CCNCC1. The maximum Gasteiger partial charge on any atom is 0.0575 e. The number of hydroxylamine groups is 2. The standard InChI is InChI=1S/C10H22N2O2/c1-12(14-3)8-10(9-13-2)4-6-11-7-5-10/h11H,4-9H2,1-3H3. The molecule has 1 N–H and O–H groups in total. The first-order valence-electron chi connectivity index (χ1n) is 5.17. The second-order valence-electron chi connectivity index (χ2n) is 4.15. The van der Waals surface area contributed by atoms with Gasteiger partial charge < -0.3 is 14.9 Å². The molecule has 4 heteroatoms.